The molecule has 0 aliphatic rings. The quantitative estimate of drug-likeness (QED) is 0.500. The van der Waals surface area contributed by atoms with Crippen molar-refractivity contribution in [2.75, 3.05) is 7.11 Å². The van der Waals surface area contributed by atoms with E-state index in [0.29, 0.717) is 5.56 Å². The number of nitrogens with one attached hydrogen (secondary N) is 2. The van der Waals surface area contributed by atoms with Crippen molar-refractivity contribution in [3.8, 4) is 0 Å². The molecule has 2 atom stereocenters. The number of methoxy groups -OCH3 is 1. The van der Waals surface area contributed by atoms with Crippen molar-refractivity contribution in [2.24, 2.45) is 0 Å². The van der Waals surface area contributed by atoms with Crippen molar-refractivity contribution in [3.05, 3.63) is 65.7 Å². The Hall–Kier alpha value is -3.24. The molecule has 0 radical (unpaired) electrons. The fourth-order valence-corrected chi connectivity index (χ4v) is 4.07. The molecule has 3 N–H and O–H groups in total. The molecule has 0 aromatic heterocycles. The maximum Gasteiger partial charge on any atom is 0.339 e. The highest BCUT2D eigenvalue weighted by molar-refractivity contribution is 7.89. The monoisotopic (exact) mass is 434 g/mol. The third-order valence-corrected chi connectivity index (χ3v) is 5.80. The van der Waals surface area contributed by atoms with Gasteiger partial charge < -0.3 is 15.2 Å². The van der Waals surface area contributed by atoms with Crippen molar-refractivity contribution in [1.82, 2.24) is 10.0 Å². The summed E-state index contributed by atoms with van der Waals surface area (Å²) in [5.74, 6) is -2.92. The minimum atomic E-state index is -4.26. The standard InChI is InChI=1S/C20H22N2O7S/c1-13(18(23)21-16(19(24)25)12-14-8-4-3-5-9-14)22-30(27,28)17-11-7-6-10-15(17)20(26)29-2/h3-11,13,16,22H,12H2,1-2H3,(H,21,23)(H,24,25). The number of rotatable bonds is 9. The van der Waals surface area contributed by atoms with Crippen LogP contribution in [0.3, 0.4) is 0 Å². The van der Waals surface area contributed by atoms with Gasteiger partial charge in [-0.25, -0.2) is 18.0 Å². The molecule has 2 unspecified atom stereocenters. The molecule has 1 amide bonds. The van der Waals surface area contributed by atoms with Crippen LogP contribution in [0, 0.1) is 0 Å². The van der Waals surface area contributed by atoms with Gasteiger partial charge in [0, 0.05) is 6.42 Å². The Morgan fingerprint density at radius 1 is 1.03 bits per heavy atom. The molecule has 9 nitrogen and oxygen atoms in total. The molecule has 0 fully saturated rings. The molecule has 0 aliphatic carbocycles. The van der Waals surface area contributed by atoms with Gasteiger partial charge in [0.05, 0.1) is 23.6 Å². The molecule has 0 saturated carbocycles. The maximum atomic E-state index is 12.7. The lowest BCUT2D eigenvalue weighted by Gasteiger charge is -2.19. The SMILES string of the molecule is COC(=O)c1ccccc1S(=O)(=O)NC(C)C(=O)NC(Cc1ccccc1)C(=O)O. The van der Waals surface area contributed by atoms with E-state index in [9.17, 15) is 27.9 Å². The first-order valence-electron chi connectivity index (χ1n) is 8.92. The van der Waals surface area contributed by atoms with Crippen LogP contribution in [0.5, 0.6) is 0 Å². The van der Waals surface area contributed by atoms with Crippen LogP contribution in [0.2, 0.25) is 0 Å². The Balaban J connectivity index is 2.14. The van der Waals surface area contributed by atoms with Gasteiger partial charge in [0.2, 0.25) is 15.9 Å². The number of amides is 1. The van der Waals surface area contributed by atoms with Crippen molar-refractivity contribution in [1.29, 1.82) is 0 Å². The van der Waals surface area contributed by atoms with Gasteiger partial charge in [-0.15, -0.1) is 0 Å². The summed E-state index contributed by atoms with van der Waals surface area (Å²) >= 11 is 0. The number of carboxylic acid groups (broad SMARTS) is 1. The maximum absolute atomic E-state index is 12.7. The van der Waals surface area contributed by atoms with Gasteiger partial charge in [-0.1, -0.05) is 42.5 Å². The van der Waals surface area contributed by atoms with E-state index >= 15 is 0 Å². The normalized spacial score (nSPS) is 13.1. The molecule has 10 heteroatoms. The minimum absolute atomic E-state index is 0.0343. The second-order valence-corrected chi connectivity index (χ2v) is 8.10. The Morgan fingerprint density at radius 3 is 2.23 bits per heavy atom. The van der Waals surface area contributed by atoms with Gasteiger partial charge in [-0.3, -0.25) is 4.79 Å². The summed E-state index contributed by atoms with van der Waals surface area (Å²) in [6, 6.07) is 11.6. The number of ether oxygens (including phenoxy) is 1. The molecule has 0 spiro atoms. The number of aliphatic carboxylic acids is 1. The second-order valence-electron chi connectivity index (χ2n) is 6.42. The van der Waals surface area contributed by atoms with E-state index in [1.807, 2.05) is 0 Å². The Kier molecular flexibility index (Phi) is 7.67. The Morgan fingerprint density at radius 2 is 1.63 bits per heavy atom. The summed E-state index contributed by atoms with van der Waals surface area (Å²) in [6.07, 6.45) is 0.0343. The van der Waals surface area contributed by atoms with E-state index in [1.165, 1.54) is 31.2 Å². The van der Waals surface area contributed by atoms with Gasteiger partial charge in [-0.05, 0) is 24.6 Å². The fraction of sp³-hybridized carbons (Fsp3) is 0.250. The molecular formula is C20H22N2O7S. The number of benzene rings is 2. The molecule has 0 saturated heterocycles. The lowest BCUT2D eigenvalue weighted by atomic mass is 10.1. The summed E-state index contributed by atoms with van der Waals surface area (Å²) in [6.45, 7) is 1.27. The third-order valence-electron chi connectivity index (χ3n) is 4.20. The summed E-state index contributed by atoms with van der Waals surface area (Å²) < 4.78 is 32.1. The van der Waals surface area contributed by atoms with E-state index in [0.717, 1.165) is 7.11 Å². The fourth-order valence-electron chi connectivity index (χ4n) is 2.68. The van der Waals surface area contributed by atoms with E-state index in [4.69, 9.17) is 0 Å². The summed E-state index contributed by atoms with van der Waals surface area (Å²) in [5, 5.41) is 11.7. The molecular weight excluding hydrogens is 412 g/mol. The van der Waals surface area contributed by atoms with Gasteiger partial charge in [0.1, 0.15) is 6.04 Å². The van der Waals surface area contributed by atoms with Crippen LogP contribution in [0.1, 0.15) is 22.8 Å². The topological polar surface area (TPSA) is 139 Å². The van der Waals surface area contributed by atoms with Gasteiger partial charge in [0.15, 0.2) is 0 Å². The highest BCUT2D eigenvalue weighted by Crippen LogP contribution is 2.17. The lowest BCUT2D eigenvalue weighted by Crippen LogP contribution is -2.51. The van der Waals surface area contributed by atoms with Crippen LogP contribution in [-0.4, -0.2) is 50.6 Å². The highest BCUT2D eigenvalue weighted by atomic mass is 32.2. The largest absolute Gasteiger partial charge is 0.480 e. The molecule has 160 valence electrons. The average Bonchev–Trinajstić information content (AvgIpc) is 2.72. The van der Waals surface area contributed by atoms with Crippen LogP contribution >= 0.6 is 0 Å². The van der Waals surface area contributed by atoms with Crippen molar-refractivity contribution >= 4 is 27.9 Å². The number of carbonyl (C=O) groups excluding carboxylic acids is 2. The Labute approximate surface area is 174 Å². The molecule has 30 heavy (non-hydrogen) atoms. The summed E-state index contributed by atoms with van der Waals surface area (Å²) in [4.78, 5) is 35.4. The number of sulfonamides is 1. The van der Waals surface area contributed by atoms with Gasteiger partial charge >= 0.3 is 11.9 Å². The smallest absolute Gasteiger partial charge is 0.339 e. The van der Waals surface area contributed by atoms with Crippen LogP contribution in [0.25, 0.3) is 0 Å². The molecule has 2 rings (SSSR count). The van der Waals surface area contributed by atoms with Gasteiger partial charge in [0.25, 0.3) is 0 Å². The third kappa shape index (κ3) is 5.88. The van der Waals surface area contributed by atoms with Crippen molar-refractivity contribution in [3.63, 3.8) is 0 Å². The second kappa shape index (κ2) is 9.99. The zero-order valence-electron chi connectivity index (χ0n) is 16.4. The highest BCUT2D eigenvalue weighted by Gasteiger charge is 2.29. The zero-order chi connectivity index (χ0) is 22.3. The number of esters is 1. The molecule has 0 bridgehead atoms. The summed E-state index contributed by atoms with van der Waals surface area (Å²) in [7, 11) is -3.15. The predicted molar refractivity (Wildman–Crippen MR) is 107 cm³/mol. The van der Waals surface area contributed by atoms with Crippen LogP contribution < -0.4 is 10.0 Å². The van der Waals surface area contributed by atoms with Crippen molar-refractivity contribution in [2.45, 2.75) is 30.3 Å². The van der Waals surface area contributed by atoms with E-state index < -0.39 is 40.0 Å². The number of hydrogen-bond acceptors (Lipinski definition) is 6. The lowest BCUT2D eigenvalue weighted by molar-refractivity contribution is -0.141. The van der Waals surface area contributed by atoms with E-state index in [-0.39, 0.29) is 16.9 Å². The first kappa shape index (κ1) is 23.0. The Bertz CT molecular complexity index is 1020. The minimum Gasteiger partial charge on any atom is -0.480 e. The first-order valence-corrected chi connectivity index (χ1v) is 10.4. The number of hydrogen-bond donors (Lipinski definition) is 3. The average molecular weight is 434 g/mol. The van der Waals surface area contributed by atoms with Crippen LogP contribution in [0.15, 0.2) is 59.5 Å². The first-order chi connectivity index (χ1) is 14.2. The van der Waals surface area contributed by atoms with Gasteiger partial charge in [-0.2, -0.15) is 4.72 Å². The predicted octanol–water partition coefficient (Wildman–Crippen LogP) is 0.952. The number of carbonyl (C=O) groups is 3. The zero-order valence-corrected chi connectivity index (χ0v) is 17.2. The number of carboxylic acids is 1. The molecule has 2 aromatic rings. The van der Waals surface area contributed by atoms with Crippen molar-refractivity contribution < 1.29 is 32.6 Å². The molecule has 2 aromatic carbocycles. The molecule has 0 heterocycles. The van der Waals surface area contributed by atoms with E-state index in [2.05, 4.69) is 14.8 Å². The van der Waals surface area contributed by atoms with E-state index in [1.54, 1.807) is 30.3 Å². The van der Waals surface area contributed by atoms with Crippen LogP contribution in [0.4, 0.5) is 0 Å². The van der Waals surface area contributed by atoms with Crippen LogP contribution in [-0.2, 0) is 30.8 Å². The summed E-state index contributed by atoms with van der Waals surface area (Å²) in [5.41, 5.74) is 0.512. The molecule has 0 aliphatic heterocycles.